The summed E-state index contributed by atoms with van der Waals surface area (Å²) in [5.41, 5.74) is -0.751. The molecule has 1 saturated heterocycles. The summed E-state index contributed by atoms with van der Waals surface area (Å²) in [6.45, 7) is 5.86. The summed E-state index contributed by atoms with van der Waals surface area (Å²) in [6.07, 6.45) is 2.84. The number of nitrogens with one attached hydrogen (secondary N) is 1. The minimum Gasteiger partial charge on any atom is -0.384 e. The molecule has 0 aromatic carbocycles. The molecule has 8 heteroatoms. The zero-order valence-corrected chi connectivity index (χ0v) is 15.1. The first kappa shape index (κ1) is 18.9. The van der Waals surface area contributed by atoms with Crippen molar-refractivity contribution in [3.8, 4) is 6.07 Å². The molecule has 2 amide bonds. The van der Waals surface area contributed by atoms with Crippen LogP contribution in [-0.2, 0) is 11.8 Å². The van der Waals surface area contributed by atoms with Crippen molar-refractivity contribution in [1.82, 2.24) is 20.0 Å². The van der Waals surface area contributed by atoms with Gasteiger partial charge in [-0.1, -0.05) is 13.8 Å². The van der Waals surface area contributed by atoms with Gasteiger partial charge in [0, 0.05) is 13.0 Å². The van der Waals surface area contributed by atoms with E-state index < -0.39 is 11.6 Å². The second-order valence-corrected chi connectivity index (χ2v) is 6.65. The van der Waals surface area contributed by atoms with Crippen LogP contribution in [0.5, 0.6) is 0 Å². The van der Waals surface area contributed by atoms with E-state index in [-0.39, 0.29) is 42.1 Å². The molecule has 1 aromatic rings. The minimum absolute atomic E-state index is 0.0727. The molecule has 1 fully saturated rings. The zero-order valence-electron chi connectivity index (χ0n) is 15.1. The quantitative estimate of drug-likeness (QED) is 0.775. The molecule has 0 saturated carbocycles. The van der Waals surface area contributed by atoms with Crippen molar-refractivity contribution in [1.29, 1.82) is 5.26 Å². The first-order valence-corrected chi connectivity index (χ1v) is 8.51. The zero-order chi connectivity index (χ0) is 18.8. The van der Waals surface area contributed by atoms with Gasteiger partial charge >= 0.3 is 0 Å². The lowest BCUT2D eigenvalue weighted by Crippen LogP contribution is -2.71. The van der Waals surface area contributed by atoms with Gasteiger partial charge in [-0.2, -0.15) is 10.4 Å². The van der Waals surface area contributed by atoms with Gasteiger partial charge in [-0.05, 0) is 19.8 Å². The molecule has 0 radical (unpaired) electrons. The smallest absolute Gasteiger partial charge is 0.273 e. The van der Waals surface area contributed by atoms with Crippen molar-refractivity contribution in [2.75, 3.05) is 13.1 Å². The molecule has 25 heavy (non-hydrogen) atoms. The highest BCUT2D eigenvalue weighted by Gasteiger charge is 2.49. The van der Waals surface area contributed by atoms with Gasteiger partial charge in [0.15, 0.2) is 0 Å². The number of amides is 2. The van der Waals surface area contributed by atoms with E-state index in [2.05, 4.69) is 10.4 Å². The second-order valence-electron chi connectivity index (χ2n) is 6.65. The number of hydrogen-bond donors (Lipinski definition) is 2. The maximum absolute atomic E-state index is 12.5. The van der Waals surface area contributed by atoms with Crippen LogP contribution in [0.25, 0.3) is 0 Å². The van der Waals surface area contributed by atoms with Crippen LogP contribution in [0.1, 0.15) is 49.7 Å². The third kappa shape index (κ3) is 3.51. The van der Waals surface area contributed by atoms with Crippen LogP contribution < -0.4 is 5.32 Å². The van der Waals surface area contributed by atoms with Gasteiger partial charge in [-0.15, -0.1) is 0 Å². The molecule has 2 heterocycles. The molecule has 1 aromatic heterocycles. The molecule has 1 aliphatic rings. The number of rotatable bonds is 6. The Morgan fingerprint density at radius 3 is 2.56 bits per heavy atom. The van der Waals surface area contributed by atoms with Gasteiger partial charge in [0.1, 0.15) is 22.9 Å². The number of carbonyl (C=O) groups excluding carboxylic acids is 2. The number of hydrogen-bond acceptors (Lipinski definition) is 5. The molecule has 0 aliphatic carbocycles. The lowest BCUT2D eigenvalue weighted by molar-refractivity contribution is -0.134. The normalized spacial score (nSPS) is 16.9. The molecule has 8 nitrogen and oxygen atoms in total. The number of β-amino-alcohol motifs (C(OH)–C–C–N with tert-alkyl or cyclic N) is 1. The lowest BCUT2D eigenvalue weighted by atomic mass is 9.86. The van der Waals surface area contributed by atoms with Crippen LogP contribution in [0.4, 0.5) is 0 Å². The average Bonchev–Trinajstić information content (AvgIpc) is 2.93. The highest BCUT2D eigenvalue weighted by molar-refractivity contribution is 5.95. The molecule has 1 aliphatic heterocycles. The lowest BCUT2D eigenvalue weighted by Gasteiger charge is -2.49. The molecule has 0 bridgehead atoms. The van der Waals surface area contributed by atoms with E-state index in [1.165, 1.54) is 15.8 Å². The molecule has 136 valence electrons. The highest BCUT2D eigenvalue weighted by Crippen LogP contribution is 2.27. The Hall–Kier alpha value is -2.40. The molecular weight excluding hydrogens is 322 g/mol. The van der Waals surface area contributed by atoms with Crippen LogP contribution in [0, 0.1) is 17.2 Å². The summed E-state index contributed by atoms with van der Waals surface area (Å²) in [4.78, 5) is 26.2. The number of likely N-dealkylation sites (tertiary alicyclic amines) is 1. The Balaban J connectivity index is 2.00. The van der Waals surface area contributed by atoms with Gasteiger partial charge in [0.2, 0.25) is 5.91 Å². The Kier molecular flexibility index (Phi) is 5.48. The molecule has 2 rings (SSSR count). The standard InChI is InChI=1S/C17H25N5O3/c1-5-12(6-2)15(23)20-11(3)17(25)9-22(10-17)16(24)14-13(7-18)8-19-21(14)4/h8,11-12,25H,5-6,9-10H2,1-4H3,(H,20,23). The van der Waals surface area contributed by atoms with Crippen molar-refractivity contribution >= 4 is 11.8 Å². The van der Waals surface area contributed by atoms with Gasteiger partial charge in [0.25, 0.3) is 5.91 Å². The average molecular weight is 347 g/mol. The van der Waals surface area contributed by atoms with Crippen LogP contribution in [0.2, 0.25) is 0 Å². The summed E-state index contributed by atoms with van der Waals surface area (Å²) in [5.74, 6) is -0.495. The van der Waals surface area contributed by atoms with Crippen LogP contribution in [0.3, 0.4) is 0 Å². The van der Waals surface area contributed by atoms with E-state index in [0.29, 0.717) is 0 Å². The van der Waals surface area contributed by atoms with Crippen molar-refractivity contribution < 1.29 is 14.7 Å². The minimum atomic E-state index is -1.16. The highest BCUT2D eigenvalue weighted by atomic mass is 16.3. The number of carbonyl (C=O) groups is 2. The molecule has 2 N–H and O–H groups in total. The Morgan fingerprint density at radius 2 is 2.04 bits per heavy atom. The summed E-state index contributed by atoms with van der Waals surface area (Å²) in [6, 6.07) is 1.48. The number of nitrogens with zero attached hydrogens (tertiary/aromatic N) is 4. The van der Waals surface area contributed by atoms with Crippen molar-refractivity contribution in [2.45, 2.75) is 45.3 Å². The van der Waals surface area contributed by atoms with Gasteiger partial charge in [0.05, 0.1) is 25.3 Å². The molecule has 1 unspecified atom stereocenters. The van der Waals surface area contributed by atoms with E-state index in [1.807, 2.05) is 19.9 Å². The molecule has 1 atom stereocenters. The maximum Gasteiger partial charge on any atom is 0.273 e. The monoisotopic (exact) mass is 347 g/mol. The number of aromatic nitrogens is 2. The Bertz CT molecular complexity index is 696. The summed E-state index contributed by atoms with van der Waals surface area (Å²) < 4.78 is 1.36. The Morgan fingerprint density at radius 1 is 1.44 bits per heavy atom. The van der Waals surface area contributed by atoms with E-state index in [0.717, 1.165) is 12.8 Å². The summed E-state index contributed by atoms with van der Waals surface area (Å²) >= 11 is 0. The Labute approximate surface area is 147 Å². The number of aliphatic hydroxyl groups is 1. The second kappa shape index (κ2) is 7.23. The van der Waals surface area contributed by atoms with E-state index in [1.54, 1.807) is 14.0 Å². The van der Waals surface area contributed by atoms with Crippen LogP contribution in [-0.4, -0.2) is 56.3 Å². The third-order valence-corrected chi connectivity index (χ3v) is 5.00. The van der Waals surface area contributed by atoms with E-state index in [9.17, 15) is 14.7 Å². The van der Waals surface area contributed by atoms with Crippen molar-refractivity contribution in [2.24, 2.45) is 13.0 Å². The van der Waals surface area contributed by atoms with E-state index in [4.69, 9.17) is 5.26 Å². The first-order chi connectivity index (χ1) is 11.8. The van der Waals surface area contributed by atoms with Crippen LogP contribution >= 0.6 is 0 Å². The van der Waals surface area contributed by atoms with Crippen LogP contribution in [0.15, 0.2) is 6.20 Å². The van der Waals surface area contributed by atoms with Crippen molar-refractivity contribution in [3.05, 3.63) is 17.5 Å². The van der Waals surface area contributed by atoms with E-state index >= 15 is 0 Å². The topological polar surface area (TPSA) is 111 Å². The first-order valence-electron chi connectivity index (χ1n) is 8.51. The molecular formula is C17H25N5O3. The fraction of sp³-hybridized carbons (Fsp3) is 0.647. The maximum atomic E-state index is 12.5. The number of aryl methyl sites for hydroxylation is 1. The fourth-order valence-corrected chi connectivity index (χ4v) is 3.08. The number of nitriles is 1. The van der Waals surface area contributed by atoms with Gasteiger partial charge < -0.3 is 15.3 Å². The molecule has 0 spiro atoms. The third-order valence-electron chi connectivity index (χ3n) is 5.00. The SMILES string of the molecule is CCC(CC)C(=O)NC(C)C1(O)CN(C(=O)c2c(C#N)cnn2C)C1. The predicted octanol–water partition coefficient (Wildman–Crippen LogP) is 0.420. The van der Waals surface area contributed by atoms with Crippen molar-refractivity contribution in [3.63, 3.8) is 0 Å². The summed E-state index contributed by atoms with van der Waals surface area (Å²) in [5, 5.41) is 26.5. The predicted molar refractivity (Wildman–Crippen MR) is 90.5 cm³/mol. The summed E-state index contributed by atoms with van der Waals surface area (Å²) in [7, 11) is 1.60. The fourth-order valence-electron chi connectivity index (χ4n) is 3.08. The largest absolute Gasteiger partial charge is 0.384 e. The van der Waals surface area contributed by atoms with Gasteiger partial charge in [-0.25, -0.2) is 0 Å². The van der Waals surface area contributed by atoms with Gasteiger partial charge in [-0.3, -0.25) is 14.3 Å².